The number of hydrogen-bond donors (Lipinski definition) is 0. The Morgan fingerprint density at radius 3 is 2.38 bits per heavy atom. The van der Waals surface area contributed by atoms with Gasteiger partial charge in [-0.05, 0) is 35.7 Å². The summed E-state index contributed by atoms with van der Waals surface area (Å²) in [5.41, 5.74) is 3.41. The van der Waals surface area contributed by atoms with Crippen LogP contribution in [0.3, 0.4) is 0 Å². The molecular formula is C21H26NO3P. The van der Waals surface area contributed by atoms with Crippen LogP contribution in [-0.4, -0.2) is 35.7 Å². The van der Waals surface area contributed by atoms with E-state index in [2.05, 4.69) is 33.5 Å². The van der Waals surface area contributed by atoms with Crippen molar-refractivity contribution in [3.8, 4) is 11.1 Å². The first-order valence-corrected chi connectivity index (χ1v) is 9.34. The maximum absolute atomic E-state index is 12.4. The number of cyclic esters (lactones) is 1. The molecule has 0 radical (unpaired) electrons. The highest BCUT2D eigenvalue weighted by Crippen LogP contribution is 2.21. The molecule has 2 atom stereocenters. The highest BCUT2D eigenvalue weighted by Gasteiger charge is 2.36. The first-order valence-electron chi connectivity index (χ1n) is 8.52. The molecule has 1 unspecified atom stereocenters. The van der Waals surface area contributed by atoms with Crippen LogP contribution in [0.4, 0.5) is 4.79 Å². The third kappa shape index (κ3) is 4.70. The van der Waals surface area contributed by atoms with E-state index in [0.717, 1.165) is 23.7 Å². The molecule has 1 aliphatic heterocycles. The van der Waals surface area contributed by atoms with Gasteiger partial charge in [-0.25, -0.2) is 9.69 Å². The highest BCUT2D eigenvalue weighted by molar-refractivity contribution is 7.16. The van der Waals surface area contributed by atoms with E-state index < -0.39 is 6.09 Å². The van der Waals surface area contributed by atoms with Crippen molar-refractivity contribution in [2.75, 3.05) is 12.8 Å². The number of ether oxygens (including phenoxy) is 1. The SMILES string of the molecule is C.O=C(CCc1ccc(-c2ccccc2)cc1)N1C(=O)OC[C@H]1CCP. The zero-order chi connectivity index (χ0) is 17.6. The third-order valence-corrected chi connectivity index (χ3v) is 4.75. The minimum atomic E-state index is -0.507. The van der Waals surface area contributed by atoms with Gasteiger partial charge in [0.1, 0.15) is 6.61 Å². The van der Waals surface area contributed by atoms with Gasteiger partial charge in [0.25, 0.3) is 0 Å². The van der Waals surface area contributed by atoms with E-state index in [4.69, 9.17) is 4.74 Å². The number of hydrogen-bond acceptors (Lipinski definition) is 3. The van der Waals surface area contributed by atoms with E-state index in [1.807, 2.05) is 30.3 Å². The van der Waals surface area contributed by atoms with Crippen LogP contribution in [0, 0.1) is 0 Å². The summed E-state index contributed by atoms with van der Waals surface area (Å²) >= 11 is 0. The second-order valence-electron chi connectivity index (χ2n) is 6.13. The molecule has 3 rings (SSSR count). The molecule has 1 heterocycles. The number of nitrogens with zero attached hydrogens (tertiary/aromatic N) is 1. The molecule has 0 aliphatic carbocycles. The quantitative estimate of drug-likeness (QED) is 0.701. The largest absolute Gasteiger partial charge is 0.447 e. The van der Waals surface area contributed by atoms with E-state index in [-0.39, 0.29) is 19.4 Å². The molecule has 0 saturated carbocycles. The van der Waals surface area contributed by atoms with Gasteiger partial charge in [0, 0.05) is 6.42 Å². The Kier molecular flexibility index (Phi) is 7.35. The lowest BCUT2D eigenvalue weighted by atomic mass is 10.0. The van der Waals surface area contributed by atoms with E-state index >= 15 is 0 Å². The summed E-state index contributed by atoms with van der Waals surface area (Å²) in [6.07, 6.45) is 2.02. The van der Waals surface area contributed by atoms with Crippen LogP contribution in [0.5, 0.6) is 0 Å². The predicted octanol–water partition coefficient (Wildman–Crippen LogP) is 4.53. The van der Waals surface area contributed by atoms with Crippen molar-refractivity contribution in [3.05, 3.63) is 60.2 Å². The zero-order valence-electron chi connectivity index (χ0n) is 14.1. The molecule has 4 nitrogen and oxygen atoms in total. The second kappa shape index (κ2) is 9.49. The maximum Gasteiger partial charge on any atom is 0.416 e. The molecule has 26 heavy (non-hydrogen) atoms. The fourth-order valence-electron chi connectivity index (χ4n) is 3.04. The van der Waals surface area contributed by atoms with E-state index in [9.17, 15) is 9.59 Å². The minimum absolute atomic E-state index is 0. The molecule has 2 aromatic rings. The molecule has 1 saturated heterocycles. The minimum Gasteiger partial charge on any atom is -0.447 e. The lowest BCUT2D eigenvalue weighted by molar-refractivity contribution is -0.129. The van der Waals surface area contributed by atoms with Gasteiger partial charge in [-0.1, -0.05) is 62.0 Å². The Bertz CT molecular complexity index is 731. The van der Waals surface area contributed by atoms with Crippen molar-refractivity contribution < 1.29 is 14.3 Å². The van der Waals surface area contributed by atoms with Crippen molar-refractivity contribution in [2.45, 2.75) is 32.7 Å². The van der Waals surface area contributed by atoms with Gasteiger partial charge < -0.3 is 4.74 Å². The third-order valence-electron chi connectivity index (χ3n) is 4.42. The number of rotatable bonds is 6. The van der Waals surface area contributed by atoms with Gasteiger partial charge in [0.2, 0.25) is 5.91 Å². The molecule has 0 aromatic heterocycles. The van der Waals surface area contributed by atoms with E-state index in [1.54, 1.807) is 0 Å². The van der Waals surface area contributed by atoms with Crippen molar-refractivity contribution in [3.63, 3.8) is 0 Å². The van der Waals surface area contributed by atoms with Gasteiger partial charge in [0.15, 0.2) is 0 Å². The first-order chi connectivity index (χ1) is 12.2. The van der Waals surface area contributed by atoms with Crippen LogP contribution in [0.25, 0.3) is 11.1 Å². The molecule has 2 aromatic carbocycles. The number of benzene rings is 2. The van der Waals surface area contributed by atoms with Crippen LogP contribution < -0.4 is 0 Å². The average molecular weight is 371 g/mol. The normalized spacial score (nSPS) is 16.1. The number of carbonyl (C=O) groups excluding carboxylic acids is 2. The zero-order valence-corrected chi connectivity index (χ0v) is 15.2. The fraction of sp³-hybridized carbons (Fsp3) is 0.333. The number of aryl methyl sites for hydroxylation is 1. The Morgan fingerprint density at radius 1 is 1.08 bits per heavy atom. The summed E-state index contributed by atoms with van der Waals surface area (Å²) < 4.78 is 5.03. The molecule has 5 heteroatoms. The highest BCUT2D eigenvalue weighted by atomic mass is 31.0. The van der Waals surface area contributed by atoms with E-state index in [0.29, 0.717) is 19.4 Å². The lowest BCUT2D eigenvalue weighted by Gasteiger charge is -2.18. The summed E-state index contributed by atoms with van der Waals surface area (Å²) in [7, 11) is 2.62. The van der Waals surface area contributed by atoms with Gasteiger partial charge in [-0.15, -0.1) is 9.24 Å². The predicted molar refractivity (Wildman–Crippen MR) is 108 cm³/mol. The van der Waals surface area contributed by atoms with Crippen molar-refractivity contribution in [1.82, 2.24) is 4.90 Å². The Balaban J connectivity index is 0.00000243. The van der Waals surface area contributed by atoms with Crippen LogP contribution in [0.2, 0.25) is 0 Å². The monoisotopic (exact) mass is 371 g/mol. The lowest BCUT2D eigenvalue weighted by Crippen LogP contribution is -2.39. The Hall–Kier alpha value is -2.19. The first kappa shape index (κ1) is 20.1. The smallest absolute Gasteiger partial charge is 0.416 e. The summed E-state index contributed by atoms with van der Waals surface area (Å²) in [6, 6.07) is 18.3. The second-order valence-corrected chi connectivity index (χ2v) is 6.71. The van der Waals surface area contributed by atoms with Crippen LogP contribution >= 0.6 is 9.24 Å². The van der Waals surface area contributed by atoms with Crippen LogP contribution in [0.1, 0.15) is 25.8 Å². The van der Waals surface area contributed by atoms with Gasteiger partial charge in [-0.3, -0.25) is 4.79 Å². The van der Waals surface area contributed by atoms with Gasteiger partial charge in [-0.2, -0.15) is 0 Å². The number of amides is 2. The number of carbonyl (C=O) groups is 2. The average Bonchev–Trinajstić information content (AvgIpc) is 3.02. The van der Waals surface area contributed by atoms with E-state index in [1.165, 1.54) is 10.5 Å². The molecular weight excluding hydrogens is 345 g/mol. The van der Waals surface area contributed by atoms with Crippen molar-refractivity contribution >= 4 is 21.2 Å². The summed E-state index contributed by atoms with van der Waals surface area (Å²) in [5, 5.41) is 0. The molecule has 2 amide bonds. The molecule has 0 N–H and O–H groups in total. The van der Waals surface area contributed by atoms with Crippen LogP contribution in [-0.2, 0) is 16.0 Å². The topological polar surface area (TPSA) is 46.6 Å². The molecule has 1 fully saturated rings. The molecule has 1 aliphatic rings. The van der Waals surface area contributed by atoms with Gasteiger partial charge >= 0.3 is 6.09 Å². The Labute approximate surface area is 157 Å². The molecule has 0 bridgehead atoms. The standard InChI is InChI=1S/C20H22NO3P.CH4/c22-19(21-18(12-13-25)14-24-20(21)23)11-8-15-6-9-17(10-7-15)16-4-2-1-3-5-16;/h1-7,9-10,18H,8,11-14,25H2;1H4/t18-;/m1./s1. The maximum atomic E-state index is 12.4. The fourth-order valence-corrected chi connectivity index (χ4v) is 3.42. The summed E-state index contributed by atoms with van der Waals surface area (Å²) in [4.78, 5) is 25.5. The van der Waals surface area contributed by atoms with Crippen molar-refractivity contribution in [2.24, 2.45) is 0 Å². The van der Waals surface area contributed by atoms with Crippen LogP contribution in [0.15, 0.2) is 54.6 Å². The van der Waals surface area contributed by atoms with Gasteiger partial charge in [0.05, 0.1) is 6.04 Å². The Morgan fingerprint density at radius 2 is 1.73 bits per heavy atom. The summed E-state index contributed by atoms with van der Waals surface area (Å²) in [6.45, 7) is 0.310. The summed E-state index contributed by atoms with van der Waals surface area (Å²) in [5.74, 6) is -0.155. The van der Waals surface area contributed by atoms with Crippen molar-refractivity contribution in [1.29, 1.82) is 0 Å². The molecule has 0 spiro atoms. The molecule has 138 valence electrons. The number of imide groups is 1.